The van der Waals surface area contributed by atoms with E-state index in [1.807, 2.05) is 63.2 Å². The second kappa shape index (κ2) is 9.33. The van der Waals surface area contributed by atoms with Gasteiger partial charge in [0.15, 0.2) is 16.6 Å². The number of halogens is 1. The van der Waals surface area contributed by atoms with Crippen molar-refractivity contribution in [2.75, 3.05) is 5.75 Å². The minimum absolute atomic E-state index is 0.0371. The maximum Gasteiger partial charge on any atom is 0.268 e. The van der Waals surface area contributed by atoms with Crippen LogP contribution in [0, 0.1) is 6.92 Å². The Bertz CT molecular complexity index is 1510. The standard InChI is InChI=1S/C27H24BrN3O3S/c1-16-5-4-6-20(11-16)31-25(33)21-12-18-14-34-27(2,3)13-22(18)29-24(21)30-26(31)35-15-23(32)17-7-9-19(28)10-8-17/h4-12H,13-15H2,1-3H3. The number of hydrogen-bond donors (Lipinski definition) is 0. The van der Waals surface area contributed by atoms with Gasteiger partial charge in [-0.15, -0.1) is 0 Å². The van der Waals surface area contributed by atoms with Gasteiger partial charge in [0.05, 0.1) is 34.7 Å². The molecule has 1 aliphatic rings. The predicted molar refractivity (Wildman–Crippen MR) is 142 cm³/mol. The normalized spacial score (nSPS) is 14.6. The number of fused-ring (bicyclic) bond motifs is 2. The highest BCUT2D eigenvalue weighted by Crippen LogP contribution is 2.29. The lowest BCUT2D eigenvalue weighted by Crippen LogP contribution is -2.33. The summed E-state index contributed by atoms with van der Waals surface area (Å²) in [5.41, 5.74) is 4.02. The first-order valence-corrected chi connectivity index (χ1v) is 13.1. The van der Waals surface area contributed by atoms with Crippen LogP contribution in [0.25, 0.3) is 16.7 Å². The molecule has 0 spiro atoms. The lowest BCUT2D eigenvalue weighted by atomic mass is 9.95. The number of rotatable bonds is 5. The lowest BCUT2D eigenvalue weighted by molar-refractivity contribution is -0.0411. The second-order valence-electron chi connectivity index (χ2n) is 9.28. The molecule has 178 valence electrons. The molecule has 0 radical (unpaired) electrons. The van der Waals surface area contributed by atoms with E-state index in [1.54, 1.807) is 16.7 Å². The number of hydrogen-bond acceptors (Lipinski definition) is 6. The zero-order chi connectivity index (χ0) is 24.7. The Hall–Kier alpha value is -2.81. The molecule has 3 heterocycles. The number of nitrogens with zero attached hydrogens (tertiary/aromatic N) is 3. The Morgan fingerprint density at radius 3 is 2.66 bits per heavy atom. The molecule has 2 aromatic carbocycles. The summed E-state index contributed by atoms with van der Waals surface area (Å²) in [5, 5.41) is 0.884. The van der Waals surface area contributed by atoms with E-state index in [2.05, 4.69) is 15.9 Å². The van der Waals surface area contributed by atoms with Crippen molar-refractivity contribution in [3.8, 4) is 5.69 Å². The van der Waals surface area contributed by atoms with Crippen LogP contribution >= 0.6 is 27.7 Å². The van der Waals surface area contributed by atoms with Gasteiger partial charge >= 0.3 is 0 Å². The molecule has 0 fully saturated rings. The number of ether oxygens (including phenoxy) is 1. The zero-order valence-corrected chi connectivity index (χ0v) is 22.1. The van der Waals surface area contributed by atoms with E-state index >= 15 is 0 Å². The Labute approximate surface area is 215 Å². The number of benzene rings is 2. The average Bonchev–Trinajstić information content (AvgIpc) is 2.81. The molecule has 0 saturated carbocycles. The quantitative estimate of drug-likeness (QED) is 0.181. The summed E-state index contributed by atoms with van der Waals surface area (Å²) in [7, 11) is 0. The predicted octanol–water partition coefficient (Wildman–Crippen LogP) is 5.68. The fourth-order valence-electron chi connectivity index (χ4n) is 4.12. The summed E-state index contributed by atoms with van der Waals surface area (Å²) in [6.07, 6.45) is 0.644. The van der Waals surface area contributed by atoms with Gasteiger partial charge in [0.2, 0.25) is 0 Å². The van der Waals surface area contributed by atoms with E-state index in [0.29, 0.717) is 40.5 Å². The highest BCUT2D eigenvalue weighted by atomic mass is 79.9. The SMILES string of the molecule is Cc1cccc(-n2c(SCC(=O)c3ccc(Br)cc3)nc3nc4c(cc3c2=O)COC(C)(C)C4)c1. The van der Waals surface area contributed by atoms with Crippen molar-refractivity contribution in [3.63, 3.8) is 0 Å². The first kappa shape index (κ1) is 23.9. The lowest BCUT2D eigenvalue weighted by Gasteiger charge is -2.31. The third kappa shape index (κ3) is 4.96. The van der Waals surface area contributed by atoms with E-state index < -0.39 is 0 Å². The van der Waals surface area contributed by atoms with Gasteiger partial charge in [-0.3, -0.25) is 14.2 Å². The largest absolute Gasteiger partial charge is 0.370 e. The van der Waals surface area contributed by atoms with E-state index in [9.17, 15) is 9.59 Å². The van der Waals surface area contributed by atoms with Gasteiger partial charge in [0, 0.05) is 22.0 Å². The van der Waals surface area contributed by atoms with E-state index in [0.717, 1.165) is 21.3 Å². The monoisotopic (exact) mass is 549 g/mol. The van der Waals surface area contributed by atoms with Gasteiger partial charge < -0.3 is 4.74 Å². The van der Waals surface area contributed by atoms with E-state index in [1.165, 1.54) is 11.8 Å². The smallest absolute Gasteiger partial charge is 0.268 e. The van der Waals surface area contributed by atoms with Gasteiger partial charge in [-0.1, -0.05) is 52.0 Å². The first-order chi connectivity index (χ1) is 16.7. The molecule has 0 N–H and O–H groups in total. The highest BCUT2D eigenvalue weighted by molar-refractivity contribution is 9.10. The molecule has 4 aromatic rings. The fraction of sp³-hybridized carbons (Fsp3) is 0.259. The summed E-state index contributed by atoms with van der Waals surface area (Å²) in [4.78, 5) is 36.2. The third-order valence-electron chi connectivity index (χ3n) is 5.97. The summed E-state index contributed by atoms with van der Waals surface area (Å²) in [6, 6.07) is 16.8. The van der Waals surface area contributed by atoms with Crippen molar-refractivity contribution in [3.05, 3.63) is 91.8 Å². The van der Waals surface area contributed by atoms with Gasteiger partial charge in [0.25, 0.3) is 5.56 Å². The number of carbonyl (C=O) groups excluding carboxylic acids is 1. The minimum atomic E-state index is -0.321. The van der Waals surface area contributed by atoms with Crippen LogP contribution in [0.4, 0.5) is 0 Å². The first-order valence-electron chi connectivity index (χ1n) is 11.3. The molecule has 35 heavy (non-hydrogen) atoms. The van der Waals surface area contributed by atoms with Crippen LogP contribution < -0.4 is 5.56 Å². The van der Waals surface area contributed by atoms with Crippen molar-refractivity contribution in [2.24, 2.45) is 0 Å². The van der Waals surface area contributed by atoms with Crippen LogP contribution in [0.2, 0.25) is 0 Å². The minimum Gasteiger partial charge on any atom is -0.370 e. The summed E-state index contributed by atoms with van der Waals surface area (Å²) in [5.74, 6) is 0.113. The molecular formula is C27H24BrN3O3S. The van der Waals surface area contributed by atoms with Crippen LogP contribution in [-0.4, -0.2) is 31.7 Å². The Kier molecular flexibility index (Phi) is 6.38. The van der Waals surface area contributed by atoms with Crippen LogP contribution in [0.15, 0.2) is 69.0 Å². The molecular weight excluding hydrogens is 526 g/mol. The molecule has 6 nitrogen and oxygen atoms in total. The van der Waals surface area contributed by atoms with Gasteiger partial charge in [-0.25, -0.2) is 9.97 Å². The van der Waals surface area contributed by atoms with Gasteiger partial charge in [-0.2, -0.15) is 0 Å². The number of aryl methyl sites for hydroxylation is 1. The van der Waals surface area contributed by atoms with Crippen molar-refractivity contribution < 1.29 is 9.53 Å². The Balaban J connectivity index is 1.61. The van der Waals surface area contributed by atoms with Crippen LogP contribution in [-0.2, 0) is 17.8 Å². The van der Waals surface area contributed by atoms with Crippen LogP contribution in [0.1, 0.15) is 41.0 Å². The Morgan fingerprint density at radius 1 is 1.14 bits per heavy atom. The molecule has 8 heteroatoms. The summed E-state index contributed by atoms with van der Waals surface area (Å²) in [6.45, 7) is 6.44. The molecule has 5 rings (SSSR count). The van der Waals surface area contributed by atoms with Crippen molar-refractivity contribution in [2.45, 2.75) is 44.6 Å². The topological polar surface area (TPSA) is 74.1 Å². The van der Waals surface area contributed by atoms with Crippen LogP contribution in [0.3, 0.4) is 0 Å². The summed E-state index contributed by atoms with van der Waals surface area (Å²) < 4.78 is 8.43. The van der Waals surface area contributed by atoms with Crippen molar-refractivity contribution in [1.82, 2.24) is 14.5 Å². The van der Waals surface area contributed by atoms with Gasteiger partial charge in [0.1, 0.15) is 0 Å². The van der Waals surface area contributed by atoms with Gasteiger partial charge in [-0.05, 0) is 56.7 Å². The van der Waals surface area contributed by atoms with E-state index in [-0.39, 0.29) is 22.7 Å². The molecule has 0 saturated heterocycles. The number of ketones is 1. The molecule has 2 aromatic heterocycles. The number of pyridine rings is 1. The average molecular weight is 550 g/mol. The number of Topliss-reactive ketones (excluding diaryl/α,β-unsaturated/α-hetero) is 1. The number of carbonyl (C=O) groups is 1. The fourth-order valence-corrected chi connectivity index (χ4v) is 5.28. The maximum atomic E-state index is 13.8. The molecule has 0 unspecified atom stereocenters. The summed E-state index contributed by atoms with van der Waals surface area (Å²) >= 11 is 4.64. The number of aromatic nitrogens is 3. The second-order valence-corrected chi connectivity index (χ2v) is 11.1. The third-order valence-corrected chi connectivity index (χ3v) is 7.43. The molecule has 0 atom stereocenters. The highest BCUT2D eigenvalue weighted by Gasteiger charge is 2.28. The zero-order valence-electron chi connectivity index (χ0n) is 19.7. The van der Waals surface area contributed by atoms with Crippen molar-refractivity contribution in [1.29, 1.82) is 0 Å². The molecule has 0 amide bonds. The Morgan fingerprint density at radius 2 is 1.91 bits per heavy atom. The molecule has 0 bridgehead atoms. The molecule has 1 aliphatic heterocycles. The van der Waals surface area contributed by atoms with Crippen molar-refractivity contribution >= 4 is 44.5 Å². The molecule has 0 aliphatic carbocycles. The van der Waals surface area contributed by atoms with Crippen LogP contribution in [0.5, 0.6) is 0 Å². The maximum absolute atomic E-state index is 13.8. The van der Waals surface area contributed by atoms with E-state index in [4.69, 9.17) is 14.7 Å². The number of thioether (sulfide) groups is 1.